The zero-order valence-corrected chi connectivity index (χ0v) is 38.2. The third kappa shape index (κ3) is 6.08. The molecule has 0 saturated carbocycles. The monoisotopic (exact) mass is 892 g/mol. The van der Waals surface area contributed by atoms with Crippen LogP contribution in [-0.4, -0.2) is 0 Å². The summed E-state index contributed by atoms with van der Waals surface area (Å²) in [6, 6.07) is 97.2. The lowest BCUT2D eigenvalue weighted by Crippen LogP contribution is -2.26. The lowest BCUT2D eigenvalue weighted by Gasteiger charge is -2.33. The minimum atomic E-state index is -0.686. The highest BCUT2D eigenvalue weighted by Gasteiger charge is 2.53. The molecule has 2 aliphatic carbocycles. The van der Waals surface area contributed by atoms with E-state index in [9.17, 15) is 0 Å². The van der Waals surface area contributed by atoms with E-state index in [0.29, 0.717) is 0 Å². The van der Waals surface area contributed by atoms with Crippen molar-refractivity contribution in [3.05, 3.63) is 289 Å². The van der Waals surface area contributed by atoms with Crippen LogP contribution in [0.2, 0.25) is 0 Å². The van der Waals surface area contributed by atoms with Gasteiger partial charge in [-0.1, -0.05) is 188 Å². The molecule has 0 atom stereocenters. The zero-order chi connectivity index (χ0) is 46.2. The third-order valence-electron chi connectivity index (χ3n) is 14.7. The third-order valence-corrected chi connectivity index (χ3v) is 14.7. The molecule has 0 amide bonds. The molecule has 328 valence electrons. The Morgan fingerprint density at radius 2 is 0.700 bits per heavy atom. The topological polar surface area (TPSA) is 19.6 Å². The van der Waals surface area contributed by atoms with E-state index in [4.69, 9.17) is 4.42 Å². The predicted octanol–water partition coefficient (Wildman–Crippen LogP) is 18.2. The summed E-state index contributed by atoms with van der Waals surface area (Å²) >= 11 is 0. The largest absolute Gasteiger partial charge is 0.455 e. The van der Waals surface area contributed by atoms with E-state index in [0.717, 1.165) is 61.6 Å². The molecule has 11 aromatic carbocycles. The molecular weight excluding hydrogens is 849 g/mol. The van der Waals surface area contributed by atoms with Crippen LogP contribution in [0.1, 0.15) is 22.3 Å². The molecule has 0 bridgehead atoms. The molecule has 0 aliphatic heterocycles. The van der Waals surface area contributed by atoms with Gasteiger partial charge in [-0.2, -0.15) is 0 Å². The molecule has 0 N–H and O–H groups in total. The highest BCUT2D eigenvalue weighted by atomic mass is 16.3. The molecule has 0 saturated heterocycles. The fourth-order valence-electron chi connectivity index (χ4n) is 11.6. The molecule has 3 heteroatoms. The maximum Gasteiger partial charge on any atom is 0.143 e. The van der Waals surface area contributed by atoms with Crippen molar-refractivity contribution in [2.75, 3.05) is 9.80 Å². The molecule has 0 fully saturated rings. The Kier molecular flexibility index (Phi) is 9.11. The number of nitrogens with zero attached hydrogens (tertiary/aromatic N) is 2. The van der Waals surface area contributed by atoms with Gasteiger partial charge >= 0.3 is 0 Å². The Hall–Kier alpha value is -9.18. The van der Waals surface area contributed by atoms with Crippen molar-refractivity contribution in [3.63, 3.8) is 0 Å². The quantitative estimate of drug-likeness (QED) is 0.152. The van der Waals surface area contributed by atoms with E-state index in [1.54, 1.807) is 0 Å². The SMILES string of the molecule is c1ccc(-c2ccc(N(c3ccccc3)c3ccc4c(c3)C3(c5cc(N(c6ccccc6)c6ccc(-c7ccccc7)cc6)ccc5-4)c4ccccc4-c4c3ccc3c4oc4ccccc43)cc2)cc1. The Morgan fingerprint density at radius 3 is 1.24 bits per heavy atom. The predicted molar refractivity (Wildman–Crippen MR) is 290 cm³/mol. The number of hydrogen-bond donors (Lipinski definition) is 0. The smallest absolute Gasteiger partial charge is 0.143 e. The minimum absolute atomic E-state index is 0.686. The summed E-state index contributed by atoms with van der Waals surface area (Å²) in [6.45, 7) is 0. The van der Waals surface area contributed by atoms with Gasteiger partial charge in [0.2, 0.25) is 0 Å². The van der Waals surface area contributed by atoms with Gasteiger partial charge in [0.05, 0.1) is 5.41 Å². The second kappa shape index (κ2) is 16.0. The van der Waals surface area contributed by atoms with Gasteiger partial charge in [0.1, 0.15) is 11.2 Å². The van der Waals surface area contributed by atoms with Crippen LogP contribution in [0.4, 0.5) is 34.1 Å². The van der Waals surface area contributed by atoms with Gasteiger partial charge in [0, 0.05) is 50.5 Å². The van der Waals surface area contributed by atoms with Gasteiger partial charge in [-0.25, -0.2) is 0 Å². The molecule has 12 aromatic rings. The summed E-state index contributed by atoms with van der Waals surface area (Å²) in [4.78, 5) is 4.80. The number of benzene rings is 11. The van der Waals surface area contributed by atoms with Crippen molar-refractivity contribution < 1.29 is 4.42 Å². The molecule has 0 radical (unpaired) electrons. The summed E-state index contributed by atoms with van der Waals surface area (Å²) in [5.74, 6) is 0. The molecule has 1 heterocycles. The summed E-state index contributed by atoms with van der Waals surface area (Å²) in [5.41, 5.74) is 22.2. The Morgan fingerprint density at radius 1 is 0.271 bits per heavy atom. The van der Waals surface area contributed by atoms with E-state index in [1.807, 2.05) is 0 Å². The Labute approximate surface area is 407 Å². The lowest BCUT2D eigenvalue weighted by molar-refractivity contribution is 0.669. The summed E-state index contributed by atoms with van der Waals surface area (Å²) < 4.78 is 6.95. The van der Waals surface area contributed by atoms with Crippen LogP contribution < -0.4 is 9.80 Å². The fraction of sp³-hybridized carbons (Fsp3) is 0.0149. The van der Waals surface area contributed by atoms with Crippen molar-refractivity contribution in [1.29, 1.82) is 0 Å². The molecule has 2 aliphatic rings. The molecule has 1 spiro atoms. The first kappa shape index (κ1) is 39.9. The van der Waals surface area contributed by atoms with Gasteiger partial charge in [0.15, 0.2) is 0 Å². The molecule has 70 heavy (non-hydrogen) atoms. The van der Waals surface area contributed by atoms with Gasteiger partial charge in [-0.15, -0.1) is 0 Å². The van der Waals surface area contributed by atoms with Crippen LogP contribution in [0.15, 0.2) is 271 Å². The minimum Gasteiger partial charge on any atom is -0.455 e. The van der Waals surface area contributed by atoms with Gasteiger partial charge < -0.3 is 14.2 Å². The number of anilines is 6. The van der Waals surface area contributed by atoms with E-state index in [-0.39, 0.29) is 0 Å². The second-order valence-corrected chi connectivity index (χ2v) is 18.4. The maximum absolute atomic E-state index is 6.95. The average molecular weight is 893 g/mol. The van der Waals surface area contributed by atoms with Crippen molar-refractivity contribution in [3.8, 4) is 44.5 Å². The van der Waals surface area contributed by atoms with E-state index >= 15 is 0 Å². The Balaban J connectivity index is 1.01. The molecule has 14 rings (SSSR count). The van der Waals surface area contributed by atoms with Crippen LogP contribution in [0, 0.1) is 0 Å². The normalized spacial score (nSPS) is 12.7. The van der Waals surface area contributed by atoms with Crippen LogP contribution in [0.3, 0.4) is 0 Å². The number of para-hydroxylation sites is 3. The van der Waals surface area contributed by atoms with Crippen molar-refractivity contribution in [2.45, 2.75) is 5.41 Å². The Bertz CT molecular complexity index is 3740. The lowest BCUT2D eigenvalue weighted by atomic mass is 9.70. The second-order valence-electron chi connectivity index (χ2n) is 18.4. The standard InChI is InChI=1S/C67H44N2O/c1-5-17-45(18-6-1)47-29-33-51(34-30-47)68(49-21-9-3-10-22-49)53-37-39-55-56-40-38-54(69(50-23-11-4-12-24-50)52-35-31-48(32-36-52)46-19-7-2-8-20-46)44-63(56)67(62(55)43-53)60-27-15-13-26-59(60)65-61(67)42-41-58-57-25-14-16-28-64(57)70-66(58)65/h1-44H. The maximum atomic E-state index is 6.95. The van der Waals surface area contributed by atoms with E-state index in [1.165, 1.54) is 61.2 Å². The van der Waals surface area contributed by atoms with Gasteiger partial charge in [0.25, 0.3) is 0 Å². The highest BCUT2D eigenvalue weighted by molar-refractivity contribution is 6.13. The van der Waals surface area contributed by atoms with Gasteiger partial charge in [-0.3, -0.25) is 0 Å². The molecule has 3 nitrogen and oxygen atoms in total. The first-order valence-corrected chi connectivity index (χ1v) is 24.1. The van der Waals surface area contributed by atoms with Crippen molar-refractivity contribution >= 4 is 56.1 Å². The van der Waals surface area contributed by atoms with Crippen LogP contribution >= 0.6 is 0 Å². The van der Waals surface area contributed by atoms with E-state index in [2.05, 4.69) is 277 Å². The van der Waals surface area contributed by atoms with E-state index < -0.39 is 5.41 Å². The average Bonchev–Trinajstić information content (AvgIpc) is 4.06. The van der Waals surface area contributed by atoms with Crippen molar-refractivity contribution in [2.24, 2.45) is 0 Å². The summed E-state index contributed by atoms with van der Waals surface area (Å²) in [7, 11) is 0. The first-order chi connectivity index (χ1) is 34.7. The number of fused-ring (bicyclic) bond motifs is 14. The number of rotatable bonds is 8. The molecule has 0 unspecified atom stereocenters. The molecule has 1 aromatic heterocycles. The molecular formula is C67H44N2O. The first-order valence-electron chi connectivity index (χ1n) is 24.1. The number of furan rings is 1. The van der Waals surface area contributed by atoms with Crippen LogP contribution in [-0.2, 0) is 5.41 Å². The van der Waals surface area contributed by atoms with Crippen molar-refractivity contribution in [1.82, 2.24) is 0 Å². The number of hydrogen-bond acceptors (Lipinski definition) is 3. The van der Waals surface area contributed by atoms with Crippen LogP contribution in [0.5, 0.6) is 0 Å². The summed E-state index contributed by atoms with van der Waals surface area (Å²) in [5, 5.41) is 2.26. The van der Waals surface area contributed by atoms with Gasteiger partial charge in [-0.05, 0) is 140 Å². The fourth-order valence-corrected chi connectivity index (χ4v) is 11.6. The zero-order valence-electron chi connectivity index (χ0n) is 38.2. The van der Waals surface area contributed by atoms with Crippen LogP contribution in [0.25, 0.3) is 66.4 Å². The highest BCUT2D eigenvalue weighted by Crippen LogP contribution is 2.65. The summed E-state index contributed by atoms with van der Waals surface area (Å²) in [6.07, 6.45) is 0.